The third-order valence-electron chi connectivity index (χ3n) is 6.64. The zero-order chi connectivity index (χ0) is 21.9. The number of rotatable bonds is 2. The predicted octanol–water partition coefficient (Wildman–Crippen LogP) is 4.00. The molecule has 3 aliphatic rings. The topological polar surface area (TPSA) is 157 Å². The maximum atomic E-state index is 11.3. The van der Waals surface area contributed by atoms with Gasteiger partial charge in [0.25, 0.3) is 5.69 Å². The highest BCUT2D eigenvalue weighted by molar-refractivity contribution is 6.31. The summed E-state index contributed by atoms with van der Waals surface area (Å²) < 4.78 is 12.1. The summed E-state index contributed by atoms with van der Waals surface area (Å²) in [7, 11) is 0. The van der Waals surface area contributed by atoms with Crippen LogP contribution < -0.4 is 0 Å². The Kier molecular flexibility index (Phi) is 4.29. The lowest BCUT2D eigenvalue weighted by atomic mass is 9.50. The van der Waals surface area contributed by atoms with Crippen LogP contribution in [-0.2, 0) is 9.47 Å². The molecule has 0 radical (unpaired) electrons. The second kappa shape index (κ2) is 6.40. The summed E-state index contributed by atoms with van der Waals surface area (Å²) in [6, 6.07) is 9.56. The van der Waals surface area contributed by atoms with Crippen LogP contribution in [0.5, 0.6) is 0 Å². The fraction of sp³-hybridized carbons (Fsp3) is 0.500. The molecule has 10 heteroatoms. The van der Waals surface area contributed by atoms with Crippen molar-refractivity contribution in [1.82, 2.24) is 0 Å². The number of nitrogens with one attached hydrogen (secondary N) is 1. The van der Waals surface area contributed by atoms with E-state index in [9.17, 15) is 25.9 Å². The molecule has 9 nitrogen and oxygen atoms in total. The highest BCUT2D eigenvalue weighted by Crippen LogP contribution is 2.70. The first-order valence-corrected chi connectivity index (χ1v) is 9.72. The Hall–Kier alpha value is -3.19. The van der Waals surface area contributed by atoms with E-state index in [4.69, 9.17) is 26.5 Å². The van der Waals surface area contributed by atoms with Crippen LogP contribution in [0.1, 0.15) is 37.9 Å². The van der Waals surface area contributed by atoms with Crippen molar-refractivity contribution in [2.24, 2.45) is 22.7 Å². The van der Waals surface area contributed by atoms with Crippen molar-refractivity contribution >= 4 is 23.2 Å². The van der Waals surface area contributed by atoms with Gasteiger partial charge in [-0.1, -0.05) is 18.5 Å². The molecule has 1 aromatic rings. The molecule has 4 rings (SSSR count). The van der Waals surface area contributed by atoms with Gasteiger partial charge in [0.2, 0.25) is 17.1 Å². The van der Waals surface area contributed by atoms with Crippen LogP contribution in [0.15, 0.2) is 18.2 Å². The van der Waals surface area contributed by atoms with E-state index in [0.717, 1.165) is 6.07 Å². The van der Waals surface area contributed by atoms with E-state index < -0.39 is 39.5 Å². The molecule has 5 unspecified atom stereocenters. The Balaban J connectivity index is 2.02. The standard InChI is InChI=1S/C20H16ClN5O4/c1-11-4-5-20-15(6-11)19(10-24,17(25)30-20)18(8-22,9-23)16(29-20)13-7-12(26(27)28)2-3-14(13)21/h2-3,7,11,15-16,25H,4-6H2,1H3. The minimum atomic E-state index is -2.18. The van der Waals surface area contributed by atoms with Crippen LogP contribution in [0.25, 0.3) is 0 Å². The second-order valence-corrected chi connectivity index (χ2v) is 8.49. The number of halogens is 1. The van der Waals surface area contributed by atoms with Crippen LogP contribution in [0.4, 0.5) is 5.69 Å². The molecule has 2 bridgehead atoms. The summed E-state index contributed by atoms with van der Waals surface area (Å²) in [4.78, 5) is 10.7. The van der Waals surface area contributed by atoms with Gasteiger partial charge in [0.15, 0.2) is 5.41 Å². The predicted molar refractivity (Wildman–Crippen MR) is 102 cm³/mol. The number of hydrogen-bond acceptors (Lipinski definition) is 8. The van der Waals surface area contributed by atoms with Gasteiger partial charge in [0.1, 0.15) is 6.10 Å². The van der Waals surface area contributed by atoms with E-state index in [1.165, 1.54) is 12.1 Å². The molecular formula is C20H16ClN5O4. The van der Waals surface area contributed by atoms with Crippen molar-refractivity contribution in [3.8, 4) is 18.2 Å². The van der Waals surface area contributed by atoms with E-state index >= 15 is 0 Å². The lowest BCUT2D eigenvalue weighted by Crippen LogP contribution is -2.61. The van der Waals surface area contributed by atoms with Gasteiger partial charge in [-0.25, -0.2) is 0 Å². The largest absolute Gasteiger partial charge is 0.447 e. The summed E-state index contributed by atoms with van der Waals surface area (Å²) in [6.07, 6.45) is 0.0937. The van der Waals surface area contributed by atoms with E-state index in [0.29, 0.717) is 19.3 Å². The van der Waals surface area contributed by atoms with Crippen molar-refractivity contribution in [1.29, 1.82) is 21.2 Å². The van der Waals surface area contributed by atoms with Crippen molar-refractivity contribution in [3.63, 3.8) is 0 Å². The smallest absolute Gasteiger partial charge is 0.269 e. The highest BCUT2D eigenvalue weighted by atomic mass is 35.5. The summed E-state index contributed by atoms with van der Waals surface area (Å²) in [5.41, 5.74) is -4.32. The van der Waals surface area contributed by atoms with E-state index in [2.05, 4.69) is 6.07 Å². The summed E-state index contributed by atoms with van der Waals surface area (Å²) in [5.74, 6) is -2.35. The fourth-order valence-corrected chi connectivity index (χ4v) is 5.37. The number of ether oxygens (including phenoxy) is 2. The molecule has 5 atom stereocenters. The molecule has 1 aliphatic carbocycles. The van der Waals surface area contributed by atoms with E-state index in [1.54, 1.807) is 0 Å². The number of hydrogen-bond donors (Lipinski definition) is 1. The molecule has 152 valence electrons. The van der Waals surface area contributed by atoms with Gasteiger partial charge in [-0.3, -0.25) is 15.5 Å². The van der Waals surface area contributed by atoms with Crippen molar-refractivity contribution in [3.05, 3.63) is 38.9 Å². The molecule has 0 amide bonds. The van der Waals surface area contributed by atoms with E-state index in [-0.39, 0.29) is 22.2 Å². The molecule has 2 aliphatic heterocycles. The normalized spacial score (nSPS) is 35.8. The molecule has 2 saturated heterocycles. The Bertz CT molecular complexity index is 1090. The van der Waals surface area contributed by atoms with Crippen LogP contribution >= 0.6 is 11.6 Å². The number of nitro benzene ring substituents is 1. The Labute approximate surface area is 177 Å². The molecule has 1 aromatic carbocycles. The number of nitrogens with zero attached hydrogens (tertiary/aromatic N) is 4. The van der Waals surface area contributed by atoms with Crippen LogP contribution in [0, 0.1) is 72.2 Å². The first-order chi connectivity index (χ1) is 14.2. The highest BCUT2D eigenvalue weighted by Gasteiger charge is 2.81. The molecule has 0 spiro atoms. The zero-order valence-corrected chi connectivity index (χ0v) is 16.6. The summed E-state index contributed by atoms with van der Waals surface area (Å²) >= 11 is 6.31. The van der Waals surface area contributed by atoms with Gasteiger partial charge in [-0.05, 0) is 24.8 Å². The second-order valence-electron chi connectivity index (χ2n) is 8.09. The average Bonchev–Trinajstić information content (AvgIpc) is 2.92. The lowest BCUT2D eigenvalue weighted by Gasteiger charge is -2.52. The Morgan fingerprint density at radius 1 is 1.30 bits per heavy atom. The fourth-order valence-electron chi connectivity index (χ4n) is 5.15. The van der Waals surface area contributed by atoms with Crippen molar-refractivity contribution in [2.75, 3.05) is 0 Å². The Morgan fingerprint density at radius 3 is 2.60 bits per heavy atom. The molecule has 2 heterocycles. The maximum Gasteiger partial charge on any atom is 0.269 e. The van der Waals surface area contributed by atoms with Gasteiger partial charge in [-0.2, -0.15) is 15.8 Å². The monoisotopic (exact) mass is 425 g/mol. The summed E-state index contributed by atoms with van der Waals surface area (Å²) in [5, 5.41) is 50.5. The van der Waals surface area contributed by atoms with Crippen LogP contribution in [0.2, 0.25) is 5.02 Å². The lowest BCUT2D eigenvalue weighted by molar-refractivity contribution is -0.385. The Morgan fingerprint density at radius 2 is 2.00 bits per heavy atom. The third kappa shape index (κ3) is 2.21. The third-order valence-corrected chi connectivity index (χ3v) is 6.99. The minimum Gasteiger partial charge on any atom is -0.447 e. The first-order valence-electron chi connectivity index (χ1n) is 9.35. The van der Waals surface area contributed by atoms with E-state index in [1.807, 2.05) is 19.1 Å². The number of nitro groups is 1. The maximum absolute atomic E-state index is 11.3. The number of benzene rings is 1. The van der Waals surface area contributed by atoms with Crippen molar-refractivity contribution < 1.29 is 14.4 Å². The number of nitriles is 3. The van der Waals surface area contributed by atoms with Crippen LogP contribution in [-0.4, -0.2) is 16.6 Å². The molecular weight excluding hydrogens is 410 g/mol. The minimum absolute atomic E-state index is 0.0448. The average molecular weight is 426 g/mol. The SMILES string of the molecule is CC1CCC23OC(=N)C(C#N)(C2C1)C(C#N)(C#N)C(c1cc([N+](=O)[O-])ccc1Cl)O3. The molecule has 3 fully saturated rings. The van der Waals surface area contributed by atoms with Crippen molar-refractivity contribution in [2.45, 2.75) is 38.1 Å². The van der Waals surface area contributed by atoms with Gasteiger partial charge < -0.3 is 9.47 Å². The molecule has 1 N–H and O–H groups in total. The first kappa shape index (κ1) is 20.1. The van der Waals surface area contributed by atoms with Gasteiger partial charge in [-0.15, -0.1) is 0 Å². The molecule has 30 heavy (non-hydrogen) atoms. The summed E-state index contributed by atoms with van der Waals surface area (Å²) in [6.45, 7) is 1.99. The zero-order valence-electron chi connectivity index (χ0n) is 15.9. The van der Waals surface area contributed by atoms with Gasteiger partial charge in [0, 0.05) is 29.1 Å². The molecule has 1 saturated carbocycles. The van der Waals surface area contributed by atoms with Gasteiger partial charge in [0.05, 0.1) is 29.0 Å². The quantitative estimate of drug-likeness (QED) is 0.553. The van der Waals surface area contributed by atoms with Gasteiger partial charge >= 0.3 is 0 Å². The molecule has 0 aromatic heterocycles. The van der Waals surface area contributed by atoms with Crippen LogP contribution in [0.3, 0.4) is 0 Å². The number of non-ortho nitro benzene ring substituents is 1.